The van der Waals surface area contributed by atoms with Crippen LogP contribution in [0.5, 0.6) is 0 Å². The first-order chi connectivity index (χ1) is 11.9. The van der Waals surface area contributed by atoms with E-state index in [-0.39, 0.29) is 2.85 Å². The van der Waals surface area contributed by atoms with E-state index in [0.29, 0.717) is 11.3 Å². The van der Waals surface area contributed by atoms with Crippen LogP contribution in [0.3, 0.4) is 0 Å². The maximum Gasteiger partial charge on any atom is 0.0710 e. The fraction of sp³-hybridized carbons (Fsp3) is 0.917. The summed E-state index contributed by atoms with van der Waals surface area (Å²) < 4.78 is 0. The Morgan fingerprint density at radius 1 is 1.16 bits per heavy atom. The third-order valence-electron chi connectivity index (χ3n) is 9.60. The van der Waals surface area contributed by atoms with Crippen molar-refractivity contribution in [2.24, 2.45) is 35.0 Å². The first kappa shape index (κ1) is 18.1. The Labute approximate surface area is 158 Å². The fourth-order valence-corrected chi connectivity index (χ4v) is 7.74. The van der Waals surface area contributed by atoms with Crippen molar-refractivity contribution < 1.29 is 7.96 Å². The molecule has 0 heterocycles. The highest BCUT2D eigenvalue weighted by molar-refractivity contribution is 5.28. The van der Waals surface area contributed by atoms with E-state index in [4.69, 9.17) is 0 Å². The van der Waals surface area contributed by atoms with Gasteiger partial charge in [0.2, 0.25) is 0 Å². The van der Waals surface area contributed by atoms with Crippen molar-refractivity contribution in [2.75, 3.05) is 0 Å². The molecule has 3 fully saturated rings. The molecule has 1 heteroatoms. The zero-order chi connectivity index (χ0) is 17.8. The van der Waals surface area contributed by atoms with Gasteiger partial charge in [0.1, 0.15) is 0 Å². The van der Waals surface area contributed by atoms with Crippen LogP contribution in [0.25, 0.3) is 0 Å². The monoisotopic (exact) mass is 348 g/mol. The fourth-order valence-electron chi connectivity index (χ4n) is 7.74. The summed E-state index contributed by atoms with van der Waals surface area (Å²) in [5, 5.41) is 11.3. The lowest BCUT2D eigenvalue weighted by atomic mass is 9.52. The van der Waals surface area contributed by atoms with Gasteiger partial charge in [0.25, 0.3) is 0 Å². The molecule has 4 rings (SSSR count). The van der Waals surface area contributed by atoms with Gasteiger partial charge >= 0.3 is 0 Å². The zero-order valence-corrected chi connectivity index (χ0v) is 17.1. The number of hydrogen-bond acceptors (Lipinski definition) is 1. The van der Waals surface area contributed by atoms with Crippen LogP contribution in [-0.4, -0.2) is 10.7 Å². The molecule has 0 aromatic carbocycles. The second kappa shape index (κ2) is 6.39. The minimum atomic E-state index is -0.447. The second-order valence-corrected chi connectivity index (χ2v) is 10.5. The van der Waals surface area contributed by atoms with Gasteiger partial charge in [-0.1, -0.05) is 51.2 Å². The molecule has 1 N–H and O–H groups in total. The lowest BCUT2D eigenvalue weighted by molar-refractivity contribution is -0.0412. The lowest BCUT2D eigenvalue weighted by Gasteiger charge is -2.52. The topological polar surface area (TPSA) is 20.2 Å². The number of aliphatic hydroxyl groups is 1. The van der Waals surface area contributed by atoms with Crippen LogP contribution in [0, 0.1) is 35.0 Å². The van der Waals surface area contributed by atoms with Crippen molar-refractivity contribution in [2.45, 2.75) is 104 Å². The Kier molecular flexibility index (Phi) is 4.63. The maximum atomic E-state index is 11.3. The summed E-state index contributed by atoms with van der Waals surface area (Å²) >= 11 is 0. The van der Waals surface area contributed by atoms with Gasteiger partial charge in [-0.15, -0.1) is 0 Å². The molecule has 0 bridgehead atoms. The van der Waals surface area contributed by atoms with E-state index in [1.54, 1.807) is 11.1 Å². The zero-order valence-electron chi connectivity index (χ0n) is 17.1. The standard InChI is InChI=1S/C24H40O.2H2/c1-5-17(3)24(25)13-11-19-20-10-9-18-8-6-7-12-23(18,4)22(20)14-21(19)16(2)15-24;;/h17-20,22,25H,5-15H2,1-4H3;2*1H/t17-,18+,19?,20+,22?,23+,24+;;/m1../s1. The summed E-state index contributed by atoms with van der Waals surface area (Å²) in [6.45, 7) is 9.51. The highest BCUT2D eigenvalue weighted by atomic mass is 16.3. The third-order valence-corrected chi connectivity index (χ3v) is 9.60. The van der Waals surface area contributed by atoms with E-state index in [1.165, 1.54) is 51.4 Å². The highest BCUT2D eigenvalue weighted by Crippen LogP contribution is 2.64. The van der Waals surface area contributed by atoms with E-state index >= 15 is 0 Å². The Morgan fingerprint density at radius 3 is 2.72 bits per heavy atom. The first-order valence-corrected chi connectivity index (χ1v) is 11.3. The van der Waals surface area contributed by atoms with Gasteiger partial charge in [0.15, 0.2) is 0 Å². The summed E-state index contributed by atoms with van der Waals surface area (Å²) in [6.07, 6.45) is 14.5. The molecule has 25 heavy (non-hydrogen) atoms. The van der Waals surface area contributed by atoms with E-state index < -0.39 is 5.60 Å². The molecule has 0 radical (unpaired) electrons. The molecular weight excluding hydrogens is 304 g/mol. The molecule has 4 aliphatic carbocycles. The molecular formula is C24H44O. The van der Waals surface area contributed by atoms with Crippen molar-refractivity contribution >= 4 is 0 Å². The summed E-state index contributed by atoms with van der Waals surface area (Å²) in [6, 6.07) is 0. The minimum absolute atomic E-state index is 0. The van der Waals surface area contributed by atoms with Crippen LogP contribution in [0.2, 0.25) is 0 Å². The molecule has 0 saturated heterocycles. The number of rotatable bonds is 2. The van der Waals surface area contributed by atoms with Crippen LogP contribution in [-0.2, 0) is 0 Å². The molecule has 0 amide bonds. The van der Waals surface area contributed by atoms with Gasteiger partial charge < -0.3 is 5.11 Å². The molecule has 2 unspecified atom stereocenters. The molecule has 0 aromatic rings. The first-order valence-electron chi connectivity index (χ1n) is 11.3. The van der Waals surface area contributed by atoms with Crippen LogP contribution in [0.4, 0.5) is 0 Å². The summed E-state index contributed by atoms with van der Waals surface area (Å²) in [4.78, 5) is 0. The van der Waals surface area contributed by atoms with E-state index in [1.807, 2.05) is 0 Å². The molecule has 3 saturated carbocycles. The predicted octanol–water partition coefficient (Wildman–Crippen LogP) is 7.00. The molecule has 1 nitrogen and oxygen atoms in total. The van der Waals surface area contributed by atoms with Crippen LogP contribution in [0.1, 0.15) is 101 Å². The van der Waals surface area contributed by atoms with Gasteiger partial charge in [-0.3, -0.25) is 0 Å². The van der Waals surface area contributed by atoms with Crippen LogP contribution < -0.4 is 0 Å². The molecule has 0 spiro atoms. The number of allylic oxidation sites excluding steroid dienone is 1. The van der Waals surface area contributed by atoms with Crippen molar-refractivity contribution in [3.63, 3.8) is 0 Å². The van der Waals surface area contributed by atoms with Gasteiger partial charge in [-0.25, -0.2) is 0 Å². The number of hydrogen-bond donors (Lipinski definition) is 1. The van der Waals surface area contributed by atoms with E-state index in [9.17, 15) is 5.11 Å². The largest absolute Gasteiger partial charge is 0.389 e. The quantitative estimate of drug-likeness (QED) is 0.533. The van der Waals surface area contributed by atoms with Crippen LogP contribution in [0.15, 0.2) is 11.1 Å². The summed E-state index contributed by atoms with van der Waals surface area (Å²) in [5.74, 6) is 4.08. The van der Waals surface area contributed by atoms with Gasteiger partial charge in [0, 0.05) is 2.85 Å². The summed E-state index contributed by atoms with van der Waals surface area (Å²) in [7, 11) is 0. The molecule has 7 atom stereocenters. The Morgan fingerprint density at radius 2 is 1.96 bits per heavy atom. The second-order valence-electron chi connectivity index (χ2n) is 10.5. The maximum absolute atomic E-state index is 11.3. The normalized spacial score (nSPS) is 48.4. The smallest absolute Gasteiger partial charge is 0.0710 e. The minimum Gasteiger partial charge on any atom is -0.389 e. The Balaban J connectivity index is 0.00000131. The van der Waals surface area contributed by atoms with Crippen molar-refractivity contribution in [3.05, 3.63) is 11.1 Å². The average molecular weight is 349 g/mol. The Hall–Kier alpha value is -0.300. The third kappa shape index (κ3) is 2.75. The lowest BCUT2D eigenvalue weighted by Crippen LogP contribution is -2.44. The van der Waals surface area contributed by atoms with Crippen molar-refractivity contribution in [1.82, 2.24) is 0 Å². The average Bonchev–Trinajstić information content (AvgIpc) is 2.93. The molecule has 0 aliphatic heterocycles. The van der Waals surface area contributed by atoms with Gasteiger partial charge in [-0.05, 0) is 93.3 Å². The van der Waals surface area contributed by atoms with E-state index in [2.05, 4.69) is 27.7 Å². The van der Waals surface area contributed by atoms with Gasteiger partial charge in [0.05, 0.1) is 5.60 Å². The van der Waals surface area contributed by atoms with E-state index in [0.717, 1.165) is 42.9 Å². The predicted molar refractivity (Wildman–Crippen MR) is 110 cm³/mol. The highest BCUT2D eigenvalue weighted by Gasteiger charge is 2.55. The summed E-state index contributed by atoms with van der Waals surface area (Å²) in [5.41, 5.74) is 3.53. The van der Waals surface area contributed by atoms with Crippen LogP contribution >= 0.6 is 0 Å². The molecule has 4 aliphatic rings. The number of fused-ring (bicyclic) bond motifs is 5. The van der Waals surface area contributed by atoms with Crippen molar-refractivity contribution in [1.29, 1.82) is 0 Å². The van der Waals surface area contributed by atoms with Gasteiger partial charge in [-0.2, -0.15) is 0 Å². The SMILES string of the molecule is CC[C@@H](C)[C@]1(O)CCC2C(=C(C)C1)CC1[C@H]2CC[C@@H]2CCCC[C@]12C.[HH].[HH]. The molecule has 146 valence electrons. The van der Waals surface area contributed by atoms with Crippen molar-refractivity contribution in [3.8, 4) is 0 Å². The molecule has 0 aromatic heterocycles. The Bertz CT molecular complexity index is 559.